The van der Waals surface area contributed by atoms with Crippen LogP contribution in [0.2, 0.25) is 0 Å². The van der Waals surface area contributed by atoms with Gasteiger partial charge in [-0.15, -0.1) is 0 Å². The lowest BCUT2D eigenvalue weighted by Crippen LogP contribution is -2.13. The number of nitro benzene ring substituents is 1. The van der Waals surface area contributed by atoms with Gasteiger partial charge < -0.3 is 10.4 Å². The molecule has 0 aliphatic carbocycles. The van der Waals surface area contributed by atoms with E-state index in [2.05, 4.69) is 5.32 Å². The minimum absolute atomic E-state index is 0.0217. The van der Waals surface area contributed by atoms with E-state index in [4.69, 9.17) is 0 Å². The van der Waals surface area contributed by atoms with Crippen molar-refractivity contribution < 1.29 is 27.8 Å². The van der Waals surface area contributed by atoms with Crippen LogP contribution in [0.3, 0.4) is 0 Å². The molecule has 3 aromatic rings. The topological polar surface area (TPSA) is 147 Å². The highest BCUT2D eigenvalue weighted by atomic mass is 32.2. The number of aromatic hydroxyl groups is 1. The zero-order chi connectivity index (χ0) is 19.8. The Kier molecular flexibility index (Phi) is 4.52. The van der Waals surface area contributed by atoms with Gasteiger partial charge in [0.05, 0.1) is 10.6 Å². The fraction of sp³-hybridized carbons (Fsp3) is 0. The van der Waals surface area contributed by atoms with Gasteiger partial charge in [0.1, 0.15) is 10.6 Å². The van der Waals surface area contributed by atoms with E-state index in [0.717, 1.165) is 12.1 Å². The first-order valence-electron chi connectivity index (χ1n) is 7.46. The number of rotatable bonds is 4. The molecule has 0 saturated heterocycles. The Morgan fingerprint density at radius 1 is 1.04 bits per heavy atom. The molecule has 3 N–H and O–H groups in total. The van der Waals surface area contributed by atoms with Crippen LogP contribution in [0.5, 0.6) is 5.75 Å². The number of phenols is 1. The predicted octanol–water partition coefficient (Wildman–Crippen LogP) is 2.95. The normalized spacial score (nSPS) is 11.3. The SMILES string of the molecule is O=C(Nc1c(O)cc(S(=O)(=O)O)c2ccccc12)c1cccc([N+](=O)[O-])c1. The molecule has 0 fully saturated rings. The van der Waals surface area contributed by atoms with Crippen LogP contribution >= 0.6 is 0 Å². The van der Waals surface area contributed by atoms with Crippen molar-refractivity contribution in [2.45, 2.75) is 4.90 Å². The van der Waals surface area contributed by atoms with Gasteiger partial charge in [-0.05, 0) is 6.07 Å². The molecule has 0 aromatic heterocycles. The number of carbonyl (C=O) groups excluding carboxylic acids is 1. The molecule has 9 nitrogen and oxygen atoms in total. The third-order valence-electron chi connectivity index (χ3n) is 3.82. The number of hydrogen-bond donors (Lipinski definition) is 3. The molecule has 0 bridgehead atoms. The first-order valence-corrected chi connectivity index (χ1v) is 8.90. The molecule has 0 aliphatic heterocycles. The molecule has 0 unspecified atom stereocenters. The molecule has 3 rings (SSSR count). The van der Waals surface area contributed by atoms with Crippen LogP contribution in [0, 0.1) is 10.1 Å². The molecular formula is C17H12N2O7S. The molecule has 0 aliphatic rings. The standard InChI is InChI=1S/C17H12N2O7S/c20-14-9-15(27(24,25)26)12-6-1-2-7-13(12)16(14)18-17(21)10-4-3-5-11(8-10)19(22)23/h1-9,20H,(H,18,21)(H,24,25,26). The highest BCUT2D eigenvalue weighted by Gasteiger charge is 2.21. The summed E-state index contributed by atoms with van der Waals surface area (Å²) in [4.78, 5) is 22.1. The summed E-state index contributed by atoms with van der Waals surface area (Å²) < 4.78 is 32.5. The van der Waals surface area contributed by atoms with Crippen molar-refractivity contribution in [1.29, 1.82) is 0 Å². The first kappa shape index (κ1) is 18.3. The van der Waals surface area contributed by atoms with E-state index >= 15 is 0 Å². The number of nitro groups is 1. The highest BCUT2D eigenvalue weighted by Crippen LogP contribution is 2.37. The fourth-order valence-electron chi connectivity index (χ4n) is 2.62. The van der Waals surface area contributed by atoms with Gasteiger partial charge in [0.2, 0.25) is 0 Å². The number of nitrogens with one attached hydrogen (secondary N) is 1. The van der Waals surface area contributed by atoms with Gasteiger partial charge >= 0.3 is 0 Å². The van der Waals surface area contributed by atoms with Gasteiger partial charge in [0.25, 0.3) is 21.7 Å². The molecular weight excluding hydrogens is 376 g/mol. The maximum atomic E-state index is 12.5. The average molecular weight is 388 g/mol. The van der Waals surface area contributed by atoms with Crippen LogP contribution in [-0.4, -0.2) is 28.9 Å². The molecule has 138 valence electrons. The van der Waals surface area contributed by atoms with Gasteiger partial charge in [-0.1, -0.05) is 30.3 Å². The molecule has 0 spiro atoms. The number of phenolic OH excluding ortho intramolecular Hbond substituents is 1. The summed E-state index contributed by atoms with van der Waals surface area (Å²) >= 11 is 0. The summed E-state index contributed by atoms with van der Waals surface area (Å²) in [5, 5.41) is 23.7. The Labute approximate surface area is 152 Å². The van der Waals surface area contributed by atoms with Crippen molar-refractivity contribution in [2.24, 2.45) is 0 Å². The number of carbonyl (C=O) groups is 1. The zero-order valence-electron chi connectivity index (χ0n) is 13.5. The number of amides is 1. The van der Waals surface area contributed by atoms with Crippen molar-refractivity contribution >= 4 is 38.2 Å². The van der Waals surface area contributed by atoms with Crippen LogP contribution in [-0.2, 0) is 10.1 Å². The zero-order valence-corrected chi connectivity index (χ0v) is 14.3. The van der Waals surface area contributed by atoms with E-state index in [1.807, 2.05) is 0 Å². The van der Waals surface area contributed by atoms with Crippen molar-refractivity contribution in [3.05, 3.63) is 70.3 Å². The Morgan fingerprint density at radius 3 is 2.33 bits per heavy atom. The van der Waals surface area contributed by atoms with Crippen molar-refractivity contribution in [3.63, 3.8) is 0 Å². The highest BCUT2D eigenvalue weighted by molar-refractivity contribution is 7.86. The Morgan fingerprint density at radius 2 is 1.70 bits per heavy atom. The molecule has 0 saturated carbocycles. The van der Waals surface area contributed by atoms with E-state index in [0.29, 0.717) is 0 Å². The van der Waals surface area contributed by atoms with Crippen LogP contribution in [0.15, 0.2) is 59.5 Å². The summed E-state index contributed by atoms with van der Waals surface area (Å²) in [5.41, 5.74) is -0.389. The lowest BCUT2D eigenvalue weighted by molar-refractivity contribution is -0.384. The van der Waals surface area contributed by atoms with Gasteiger partial charge in [0, 0.05) is 34.5 Å². The van der Waals surface area contributed by atoms with Gasteiger partial charge in [0.15, 0.2) is 0 Å². The molecule has 0 heterocycles. The van der Waals surface area contributed by atoms with Crippen molar-refractivity contribution in [1.82, 2.24) is 0 Å². The minimum Gasteiger partial charge on any atom is -0.506 e. The van der Waals surface area contributed by atoms with E-state index in [1.54, 1.807) is 6.07 Å². The number of fused-ring (bicyclic) bond motifs is 1. The molecule has 0 atom stereocenters. The number of hydrogen-bond acceptors (Lipinski definition) is 6. The van der Waals surface area contributed by atoms with Crippen LogP contribution < -0.4 is 5.32 Å². The lowest BCUT2D eigenvalue weighted by Gasteiger charge is -2.13. The minimum atomic E-state index is -4.61. The third-order valence-corrected chi connectivity index (χ3v) is 4.71. The first-order chi connectivity index (χ1) is 12.7. The van der Waals surface area contributed by atoms with E-state index in [1.165, 1.54) is 36.4 Å². The summed E-state index contributed by atoms with van der Waals surface area (Å²) in [6, 6.07) is 11.7. The van der Waals surface area contributed by atoms with E-state index in [-0.39, 0.29) is 27.7 Å². The quantitative estimate of drug-likeness (QED) is 0.269. The Hall–Kier alpha value is -3.50. The van der Waals surface area contributed by atoms with E-state index < -0.39 is 31.6 Å². The Balaban J connectivity index is 2.11. The average Bonchev–Trinajstić information content (AvgIpc) is 2.62. The maximum absolute atomic E-state index is 12.5. The molecule has 3 aromatic carbocycles. The lowest BCUT2D eigenvalue weighted by atomic mass is 10.1. The molecule has 0 radical (unpaired) electrons. The smallest absolute Gasteiger partial charge is 0.295 e. The second-order valence-corrected chi connectivity index (χ2v) is 6.94. The van der Waals surface area contributed by atoms with Gasteiger partial charge in [-0.3, -0.25) is 19.5 Å². The van der Waals surface area contributed by atoms with Gasteiger partial charge in [-0.25, -0.2) is 0 Å². The second kappa shape index (κ2) is 6.67. The number of non-ortho nitro benzene ring substituents is 1. The predicted molar refractivity (Wildman–Crippen MR) is 96.5 cm³/mol. The Bertz CT molecular complexity index is 1190. The maximum Gasteiger partial charge on any atom is 0.295 e. The monoisotopic (exact) mass is 388 g/mol. The number of anilines is 1. The summed E-state index contributed by atoms with van der Waals surface area (Å²) in [6.45, 7) is 0. The number of nitrogens with zero attached hydrogens (tertiary/aromatic N) is 1. The largest absolute Gasteiger partial charge is 0.506 e. The van der Waals surface area contributed by atoms with Crippen molar-refractivity contribution in [3.8, 4) is 5.75 Å². The van der Waals surface area contributed by atoms with Gasteiger partial charge in [-0.2, -0.15) is 8.42 Å². The second-order valence-electron chi connectivity index (χ2n) is 5.55. The molecule has 1 amide bonds. The molecule has 27 heavy (non-hydrogen) atoms. The van der Waals surface area contributed by atoms with Crippen molar-refractivity contribution in [2.75, 3.05) is 5.32 Å². The van der Waals surface area contributed by atoms with E-state index in [9.17, 15) is 33.0 Å². The van der Waals surface area contributed by atoms with Crippen LogP contribution in [0.25, 0.3) is 10.8 Å². The summed E-state index contributed by atoms with van der Waals surface area (Å²) in [5.74, 6) is -1.32. The van der Waals surface area contributed by atoms with Crippen LogP contribution in [0.1, 0.15) is 10.4 Å². The molecule has 10 heteroatoms. The third kappa shape index (κ3) is 3.57. The van der Waals surface area contributed by atoms with Crippen LogP contribution in [0.4, 0.5) is 11.4 Å². The number of benzene rings is 3. The summed E-state index contributed by atoms with van der Waals surface area (Å²) in [6.07, 6.45) is 0. The fourth-order valence-corrected chi connectivity index (χ4v) is 3.34. The summed E-state index contributed by atoms with van der Waals surface area (Å²) in [7, 11) is -4.61.